The third-order valence-corrected chi connectivity index (χ3v) is 8.36. The minimum absolute atomic E-state index is 0.0314. The predicted octanol–water partition coefficient (Wildman–Crippen LogP) is 3.95. The summed E-state index contributed by atoms with van der Waals surface area (Å²) in [5.41, 5.74) is 5.14. The Hall–Kier alpha value is -3.16. The van der Waals surface area contributed by atoms with E-state index in [1.807, 2.05) is 56.3 Å². The van der Waals surface area contributed by atoms with Crippen molar-refractivity contribution in [3.63, 3.8) is 0 Å². The van der Waals surface area contributed by atoms with Crippen LogP contribution in [0.25, 0.3) is 10.9 Å². The van der Waals surface area contributed by atoms with Crippen LogP contribution in [0.2, 0.25) is 0 Å². The minimum atomic E-state index is -1.03. The van der Waals surface area contributed by atoms with Crippen LogP contribution in [-0.4, -0.2) is 44.8 Å². The first kappa shape index (κ1) is 23.3. The van der Waals surface area contributed by atoms with Crippen molar-refractivity contribution in [2.24, 2.45) is 20.0 Å². The van der Waals surface area contributed by atoms with Crippen molar-refractivity contribution in [3.05, 3.63) is 81.6 Å². The molecule has 3 aliphatic rings. The molecule has 6 rings (SSSR count). The van der Waals surface area contributed by atoms with Crippen molar-refractivity contribution in [1.82, 2.24) is 14.3 Å². The maximum atomic E-state index is 12.6. The van der Waals surface area contributed by atoms with Crippen molar-refractivity contribution in [2.45, 2.75) is 44.1 Å². The molecule has 2 unspecified atom stereocenters. The minimum Gasteiger partial charge on any atom is -0.384 e. The number of aryl methyl sites for hydroxylation is 3. The molecular formula is C29H34N4O3. The molecule has 0 amide bonds. The van der Waals surface area contributed by atoms with E-state index < -0.39 is 5.60 Å². The van der Waals surface area contributed by atoms with Crippen molar-refractivity contribution >= 4 is 16.6 Å². The number of ether oxygens (including phenoxy) is 1. The maximum Gasteiger partial charge on any atom is 0.253 e. The standard InChI is InChI=1S/C29H34N4O3/c1-19-14-23-25(32(3)28(19)34)7-4-8-26(23)33-11-5-6-20-15-24(21-17-30-31(2)18-21)29(35,16-27(20)33)22-9-12-36-13-10-22/h4,7-8,14-18,22,24,35H,5-6,9-13H2,1-3H3. The van der Waals surface area contributed by atoms with Crippen LogP contribution in [0.4, 0.5) is 5.69 Å². The normalized spacial score (nSPS) is 25.0. The summed E-state index contributed by atoms with van der Waals surface area (Å²) in [5, 5.41) is 18.0. The van der Waals surface area contributed by atoms with Gasteiger partial charge in [-0.1, -0.05) is 12.1 Å². The van der Waals surface area contributed by atoms with Crippen LogP contribution < -0.4 is 10.5 Å². The number of pyridine rings is 1. The summed E-state index contributed by atoms with van der Waals surface area (Å²) in [5.74, 6) is -0.0512. The molecule has 1 N–H and O–H groups in total. The zero-order valence-electron chi connectivity index (χ0n) is 21.3. The first-order valence-corrected chi connectivity index (χ1v) is 13.0. The van der Waals surface area contributed by atoms with Gasteiger partial charge in [0, 0.05) is 68.2 Å². The molecule has 7 heteroatoms. The number of fused-ring (bicyclic) bond motifs is 2. The molecule has 2 atom stereocenters. The molecule has 3 aromatic rings. The Kier molecular flexibility index (Phi) is 5.65. The van der Waals surface area contributed by atoms with Crippen LogP contribution in [-0.2, 0) is 18.8 Å². The Morgan fingerprint density at radius 3 is 2.75 bits per heavy atom. The summed E-state index contributed by atoms with van der Waals surface area (Å²) in [6, 6.07) is 8.18. The van der Waals surface area contributed by atoms with E-state index in [-0.39, 0.29) is 17.4 Å². The highest BCUT2D eigenvalue weighted by atomic mass is 16.5. The van der Waals surface area contributed by atoms with E-state index in [1.165, 1.54) is 5.57 Å². The molecule has 4 heterocycles. The second-order valence-corrected chi connectivity index (χ2v) is 10.6. The summed E-state index contributed by atoms with van der Waals surface area (Å²) in [7, 11) is 3.76. The van der Waals surface area contributed by atoms with Gasteiger partial charge in [-0.2, -0.15) is 5.10 Å². The fourth-order valence-electron chi connectivity index (χ4n) is 6.45. The molecular weight excluding hydrogens is 452 g/mol. The van der Waals surface area contributed by atoms with Crippen LogP contribution >= 0.6 is 0 Å². The molecule has 1 aliphatic carbocycles. The zero-order valence-corrected chi connectivity index (χ0v) is 21.3. The topological polar surface area (TPSA) is 72.5 Å². The third kappa shape index (κ3) is 3.64. The third-order valence-electron chi connectivity index (χ3n) is 8.36. The van der Waals surface area contributed by atoms with E-state index in [0.29, 0.717) is 13.2 Å². The van der Waals surface area contributed by atoms with Gasteiger partial charge in [0.05, 0.1) is 23.0 Å². The average molecular weight is 487 g/mol. The van der Waals surface area contributed by atoms with Crippen molar-refractivity contribution in [3.8, 4) is 0 Å². The van der Waals surface area contributed by atoms with Gasteiger partial charge >= 0.3 is 0 Å². The number of allylic oxidation sites excluding steroid dienone is 1. The molecule has 7 nitrogen and oxygen atoms in total. The first-order chi connectivity index (χ1) is 17.4. The molecule has 188 valence electrons. The fraction of sp³-hybridized carbons (Fsp3) is 0.448. The number of rotatable bonds is 3. The van der Waals surface area contributed by atoms with Crippen LogP contribution in [0, 0.1) is 12.8 Å². The molecule has 0 saturated carbocycles. The fourth-order valence-corrected chi connectivity index (χ4v) is 6.45. The van der Waals surface area contributed by atoms with Crippen LogP contribution in [0.3, 0.4) is 0 Å². The Balaban J connectivity index is 1.51. The number of benzene rings is 1. The van der Waals surface area contributed by atoms with Crippen LogP contribution in [0.15, 0.2) is 64.9 Å². The monoisotopic (exact) mass is 486 g/mol. The van der Waals surface area contributed by atoms with E-state index in [2.05, 4.69) is 28.2 Å². The maximum absolute atomic E-state index is 12.6. The zero-order chi connectivity index (χ0) is 25.0. The molecule has 2 saturated heterocycles. The van der Waals surface area contributed by atoms with Gasteiger partial charge in [0.25, 0.3) is 5.56 Å². The van der Waals surface area contributed by atoms with Gasteiger partial charge < -0.3 is 19.3 Å². The molecule has 0 bridgehead atoms. The second kappa shape index (κ2) is 8.75. The van der Waals surface area contributed by atoms with Gasteiger partial charge in [0.15, 0.2) is 0 Å². The molecule has 1 aromatic carbocycles. The second-order valence-electron chi connectivity index (χ2n) is 10.6. The van der Waals surface area contributed by atoms with Crippen LogP contribution in [0.1, 0.15) is 42.7 Å². The number of hydrogen-bond acceptors (Lipinski definition) is 5. The Labute approximate surface area is 211 Å². The highest BCUT2D eigenvalue weighted by Crippen LogP contribution is 2.49. The molecule has 36 heavy (non-hydrogen) atoms. The van der Waals surface area contributed by atoms with E-state index in [9.17, 15) is 9.90 Å². The summed E-state index contributed by atoms with van der Waals surface area (Å²) >= 11 is 0. The van der Waals surface area contributed by atoms with Gasteiger partial charge in [0.2, 0.25) is 0 Å². The summed E-state index contributed by atoms with van der Waals surface area (Å²) in [6.07, 6.45) is 12.0. The lowest BCUT2D eigenvalue weighted by Gasteiger charge is -2.46. The summed E-state index contributed by atoms with van der Waals surface area (Å²) in [6.45, 7) is 4.09. The van der Waals surface area contributed by atoms with Gasteiger partial charge in [-0.15, -0.1) is 0 Å². The van der Waals surface area contributed by atoms with Crippen molar-refractivity contribution in [2.75, 3.05) is 24.7 Å². The van der Waals surface area contributed by atoms with E-state index in [1.54, 1.807) is 4.57 Å². The molecule has 0 spiro atoms. The average Bonchev–Trinajstić information content (AvgIpc) is 3.33. The number of nitrogens with zero attached hydrogens (tertiary/aromatic N) is 4. The highest BCUT2D eigenvalue weighted by molar-refractivity contribution is 5.94. The number of aliphatic hydroxyl groups is 1. The quantitative estimate of drug-likeness (QED) is 0.607. The van der Waals surface area contributed by atoms with E-state index in [0.717, 1.165) is 65.6 Å². The van der Waals surface area contributed by atoms with Crippen LogP contribution in [0.5, 0.6) is 0 Å². The first-order valence-electron chi connectivity index (χ1n) is 13.0. The summed E-state index contributed by atoms with van der Waals surface area (Å²) in [4.78, 5) is 15.0. The predicted molar refractivity (Wildman–Crippen MR) is 141 cm³/mol. The van der Waals surface area contributed by atoms with Gasteiger partial charge in [-0.25, -0.2) is 0 Å². The van der Waals surface area contributed by atoms with Gasteiger partial charge in [-0.3, -0.25) is 9.48 Å². The number of piperidine rings is 1. The number of hydrogen-bond donors (Lipinski definition) is 1. The molecule has 2 aromatic heterocycles. The van der Waals surface area contributed by atoms with Crippen molar-refractivity contribution < 1.29 is 9.84 Å². The number of aromatic nitrogens is 3. The van der Waals surface area contributed by atoms with E-state index in [4.69, 9.17) is 4.74 Å². The molecule has 2 fully saturated rings. The van der Waals surface area contributed by atoms with Gasteiger partial charge in [-0.05, 0) is 68.4 Å². The van der Waals surface area contributed by atoms with Crippen molar-refractivity contribution in [1.29, 1.82) is 0 Å². The lowest BCUT2D eigenvalue weighted by atomic mass is 9.67. The highest BCUT2D eigenvalue weighted by Gasteiger charge is 2.47. The lowest BCUT2D eigenvalue weighted by molar-refractivity contribution is -0.0442. The molecule has 0 radical (unpaired) electrons. The summed E-state index contributed by atoms with van der Waals surface area (Å²) < 4.78 is 9.21. The van der Waals surface area contributed by atoms with Gasteiger partial charge in [0.1, 0.15) is 0 Å². The lowest BCUT2D eigenvalue weighted by Crippen LogP contribution is -2.47. The SMILES string of the molecule is Cc1cc2c(N3CCCC4=CC(c5cnn(C)c5)C(O)(C5CCOCC5)C=C43)cccc2n(C)c1=O. The largest absolute Gasteiger partial charge is 0.384 e. The van der Waals surface area contributed by atoms with E-state index >= 15 is 0 Å². The Morgan fingerprint density at radius 1 is 1.19 bits per heavy atom. The Bertz CT molecular complexity index is 1440. The smallest absolute Gasteiger partial charge is 0.253 e. The number of anilines is 1. The molecule has 2 aliphatic heterocycles. The Morgan fingerprint density at radius 2 is 2.00 bits per heavy atom.